The van der Waals surface area contributed by atoms with Gasteiger partial charge in [0.25, 0.3) is 5.91 Å². The average Bonchev–Trinajstić information content (AvgIpc) is 2.46. The summed E-state index contributed by atoms with van der Waals surface area (Å²) < 4.78 is 10.4. The fourth-order valence-electron chi connectivity index (χ4n) is 1.80. The van der Waals surface area contributed by atoms with Gasteiger partial charge in [-0.2, -0.15) is 0 Å². The van der Waals surface area contributed by atoms with E-state index >= 15 is 0 Å². The van der Waals surface area contributed by atoms with Gasteiger partial charge in [0.2, 0.25) is 0 Å². The molecule has 1 aliphatic heterocycles. The Labute approximate surface area is 120 Å². The van der Waals surface area contributed by atoms with Gasteiger partial charge in [-0.3, -0.25) is 14.9 Å². The Hall–Kier alpha value is -1.86. The monoisotopic (exact) mass is 300 g/mol. The van der Waals surface area contributed by atoms with Gasteiger partial charge in [-0.15, -0.1) is 0 Å². The predicted octanol–water partition coefficient (Wildman–Crippen LogP) is 1.49. The number of hydrogen-bond donors (Lipinski definition) is 0. The van der Waals surface area contributed by atoms with Gasteiger partial charge >= 0.3 is 5.69 Å². The highest BCUT2D eigenvalue weighted by atomic mass is 35.5. The standard InChI is InChI=1S/C12H13ClN2O5/c13-9-1-2-11(10(7-9)15(17)18)20-8-12(16)14-3-5-19-6-4-14/h1-2,7H,3-6,8H2. The van der Waals surface area contributed by atoms with Crippen LogP contribution >= 0.6 is 11.6 Å². The number of amides is 1. The van der Waals surface area contributed by atoms with E-state index in [1.165, 1.54) is 18.2 Å². The zero-order chi connectivity index (χ0) is 14.5. The summed E-state index contributed by atoms with van der Waals surface area (Å²) in [6.45, 7) is 1.75. The maximum absolute atomic E-state index is 11.9. The number of carbonyl (C=O) groups is 1. The van der Waals surface area contributed by atoms with Crippen LogP contribution in [0.1, 0.15) is 0 Å². The third-order valence-corrected chi connectivity index (χ3v) is 3.07. The van der Waals surface area contributed by atoms with E-state index in [0.717, 1.165) is 0 Å². The Morgan fingerprint density at radius 2 is 2.15 bits per heavy atom. The van der Waals surface area contributed by atoms with Gasteiger partial charge in [-0.1, -0.05) is 11.6 Å². The fourth-order valence-corrected chi connectivity index (χ4v) is 1.97. The molecular formula is C12H13ClN2O5. The molecule has 2 rings (SSSR count). The Kier molecular flexibility index (Phi) is 4.75. The van der Waals surface area contributed by atoms with E-state index in [2.05, 4.69) is 0 Å². The number of rotatable bonds is 4. The third kappa shape index (κ3) is 3.58. The molecule has 0 bridgehead atoms. The lowest BCUT2D eigenvalue weighted by Crippen LogP contribution is -2.43. The van der Waals surface area contributed by atoms with E-state index in [-0.39, 0.29) is 29.0 Å². The van der Waals surface area contributed by atoms with Gasteiger partial charge < -0.3 is 14.4 Å². The van der Waals surface area contributed by atoms with Crippen LogP contribution in [-0.4, -0.2) is 48.6 Å². The summed E-state index contributed by atoms with van der Waals surface area (Å²) in [5, 5.41) is 11.1. The Bertz CT molecular complexity index is 517. The molecule has 7 nitrogen and oxygen atoms in total. The zero-order valence-electron chi connectivity index (χ0n) is 10.6. The van der Waals surface area contributed by atoms with E-state index in [0.29, 0.717) is 26.3 Å². The summed E-state index contributed by atoms with van der Waals surface area (Å²) in [5.41, 5.74) is -0.257. The first-order valence-electron chi connectivity index (χ1n) is 6.00. The van der Waals surface area contributed by atoms with Crippen molar-refractivity contribution in [1.29, 1.82) is 0 Å². The average molecular weight is 301 g/mol. The second kappa shape index (κ2) is 6.53. The minimum Gasteiger partial charge on any atom is -0.477 e. The SMILES string of the molecule is O=C(COc1ccc(Cl)cc1[N+](=O)[O-])N1CCOCC1. The van der Waals surface area contributed by atoms with Crippen molar-refractivity contribution in [3.8, 4) is 5.75 Å². The van der Waals surface area contributed by atoms with E-state index in [1.54, 1.807) is 4.90 Å². The number of benzene rings is 1. The number of ether oxygens (including phenoxy) is 2. The fraction of sp³-hybridized carbons (Fsp3) is 0.417. The smallest absolute Gasteiger partial charge is 0.312 e. The van der Waals surface area contributed by atoms with Gasteiger partial charge in [-0.05, 0) is 12.1 Å². The highest BCUT2D eigenvalue weighted by Crippen LogP contribution is 2.29. The van der Waals surface area contributed by atoms with Crippen molar-refractivity contribution in [3.05, 3.63) is 33.3 Å². The Morgan fingerprint density at radius 3 is 2.80 bits per heavy atom. The molecule has 1 aliphatic rings. The van der Waals surface area contributed by atoms with E-state index in [4.69, 9.17) is 21.1 Å². The van der Waals surface area contributed by atoms with E-state index in [9.17, 15) is 14.9 Å². The van der Waals surface area contributed by atoms with Gasteiger partial charge in [0.1, 0.15) is 0 Å². The summed E-state index contributed by atoms with van der Waals surface area (Å²) in [6.07, 6.45) is 0. The van der Waals surface area contributed by atoms with Crippen LogP contribution in [-0.2, 0) is 9.53 Å². The van der Waals surface area contributed by atoms with Crippen LogP contribution in [0.15, 0.2) is 18.2 Å². The molecule has 0 unspecified atom stereocenters. The molecule has 0 radical (unpaired) electrons. The summed E-state index contributed by atoms with van der Waals surface area (Å²) >= 11 is 5.70. The number of carbonyl (C=O) groups excluding carboxylic acids is 1. The predicted molar refractivity (Wildman–Crippen MR) is 71.0 cm³/mol. The lowest BCUT2D eigenvalue weighted by Gasteiger charge is -2.26. The summed E-state index contributed by atoms with van der Waals surface area (Å²) in [5.74, 6) is -0.196. The molecule has 1 amide bonds. The molecular weight excluding hydrogens is 288 g/mol. The van der Waals surface area contributed by atoms with E-state index in [1.807, 2.05) is 0 Å². The molecule has 0 aromatic heterocycles. The van der Waals surface area contributed by atoms with Gasteiger partial charge in [-0.25, -0.2) is 0 Å². The topological polar surface area (TPSA) is 81.9 Å². The Balaban J connectivity index is 1.99. The zero-order valence-corrected chi connectivity index (χ0v) is 11.3. The normalized spacial score (nSPS) is 14.9. The quantitative estimate of drug-likeness (QED) is 0.621. The minimum atomic E-state index is -0.597. The summed E-state index contributed by atoms with van der Waals surface area (Å²) in [4.78, 5) is 23.7. The maximum Gasteiger partial charge on any atom is 0.312 e. The van der Waals surface area contributed by atoms with Gasteiger partial charge in [0.15, 0.2) is 12.4 Å². The summed E-state index contributed by atoms with van der Waals surface area (Å²) in [7, 11) is 0. The van der Waals surface area contributed by atoms with Crippen LogP contribution in [0.4, 0.5) is 5.69 Å². The van der Waals surface area contributed by atoms with Crippen molar-refractivity contribution < 1.29 is 19.2 Å². The maximum atomic E-state index is 11.9. The molecule has 0 atom stereocenters. The van der Waals surface area contributed by atoms with Crippen LogP contribution in [0.2, 0.25) is 5.02 Å². The van der Waals surface area contributed by atoms with Crippen molar-refractivity contribution in [2.45, 2.75) is 0 Å². The third-order valence-electron chi connectivity index (χ3n) is 2.83. The van der Waals surface area contributed by atoms with Crippen molar-refractivity contribution >= 4 is 23.2 Å². The first-order chi connectivity index (χ1) is 9.58. The highest BCUT2D eigenvalue weighted by molar-refractivity contribution is 6.30. The molecule has 20 heavy (non-hydrogen) atoms. The molecule has 0 spiro atoms. The number of nitrogens with zero attached hydrogens (tertiary/aromatic N) is 2. The number of hydrogen-bond acceptors (Lipinski definition) is 5. The molecule has 1 aromatic rings. The van der Waals surface area contributed by atoms with E-state index < -0.39 is 4.92 Å². The molecule has 0 aliphatic carbocycles. The van der Waals surface area contributed by atoms with Crippen LogP contribution in [0, 0.1) is 10.1 Å². The molecule has 0 saturated carbocycles. The minimum absolute atomic E-state index is 0.0287. The summed E-state index contributed by atoms with van der Waals surface area (Å²) in [6, 6.07) is 4.05. The second-order valence-electron chi connectivity index (χ2n) is 4.15. The molecule has 1 fully saturated rings. The van der Waals surface area contributed by atoms with Gasteiger partial charge in [0, 0.05) is 24.2 Å². The number of halogens is 1. The second-order valence-corrected chi connectivity index (χ2v) is 4.59. The lowest BCUT2D eigenvalue weighted by molar-refractivity contribution is -0.385. The molecule has 108 valence electrons. The largest absolute Gasteiger partial charge is 0.477 e. The molecule has 1 saturated heterocycles. The molecule has 0 N–H and O–H groups in total. The van der Waals surface area contributed by atoms with Crippen molar-refractivity contribution in [2.75, 3.05) is 32.9 Å². The number of nitro groups is 1. The van der Waals surface area contributed by atoms with Crippen LogP contribution in [0.3, 0.4) is 0 Å². The lowest BCUT2D eigenvalue weighted by atomic mass is 10.3. The van der Waals surface area contributed by atoms with Crippen LogP contribution in [0.25, 0.3) is 0 Å². The van der Waals surface area contributed by atoms with Crippen molar-refractivity contribution in [1.82, 2.24) is 4.90 Å². The van der Waals surface area contributed by atoms with Crippen molar-refractivity contribution in [3.63, 3.8) is 0 Å². The molecule has 8 heteroatoms. The number of morpholine rings is 1. The highest BCUT2D eigenvalue weighted by Gasteiger charge is 2.20. The van der Waals surface area contributed by atoms with Crippen molar-refractivity contribution in [2.24, 2.45) is 0 Å². The Morgan fingerprint density at radius 1 is 1.45 bits per heavy atom. The molecule has 1 aromatic carbocycles. The van der Waals surface area contributed by atoms with Crippen LogP contribution in [0.5, 0.6) is 5.75 Å². The first kappa shape index (κ1) is 14.5. The first-order valence-corrected chi connectivity index (χ1v) is 6.38. The van der Waals surface area contributed by atoms with Gasteiger partial charge in [0.05, 0.1) is 18.1 Å². The number of nitro benzene ring substituents is 1. The van der Waals surface area contributed by atoms with Crippen LogP contribution < -0.4 is 4.74 Å². The molecule has 1 heterocycles.